The second kappa shape index (κ2) is 6.71. The minimum Gasteiger partial charge on any atom is -0.497 e. The van der Waals surface area contributed by atoms with Gasteiger partial charge in [-0.25, -0.2) is 0 Å². The Bertz CT molecular complexity index is 503. The van der Waals surface area contributed by atoms with Crippen molar-refractivity contribution >= 4 is 11.8 Å². The molecule has 0 bridgehead atoms. The molecule has 19 heavy (non-hydrogen) atoms. The van der Waals surface area contributed by atoms with Crippen molar-refractivity contribution in [2.24, 2.45) is 0 Å². The van der Waals surface area contributed by atoms with Crippen LogP contribution in [0.4, 0.5) is 0 Å². The molecule has 1 aliphatic rings. The Hall–Kier alpha value is -1.35. The summed E-state index contributed by atoms with van der Waals surface area (Å²) in [6, 6.07) is 5.99. The predicted octanol–water partition coefficient (Wildman–Crippen LogP) is 4.03. The van der Waals surface area contributed by atoms with Gasteiger partial charge in [-0.15, -0.1) is 11.8 Å². The Kier molecular flexibility index (Phi) is 4.97. The van der Waals surface area contributed by atoms with Crippen LogP contribution in [0.1, 0.15) is 12.0 Å². The van der Waals surface area contributed by atoms with Gasteiger partial charge in [-0.1, -0.05) is 18.2 Å². The minimum atomic E-state index is 0.824. The molecule has 2 nitrogen and oxygen atoms in total. The average molecular weight is 275 g/mol. The monoisotopic (exact) mass is 275 g/mol. The van der Waals surface area contributed by atoms with E-state index in [1.54, 1.807) is 26.0 Å². The molecule has 0 amide bonds. The second-order valence-electron chi connectivity index (χ2n) is 4.29. The van der Waals surface area contributed by atoms with Gasteiger partial charge in [0.1, 0.15) is 11.5 Å². The first kappa shape index (κ1) is 14.1. The largest absolute Gasteiger partial charge is 0.497 e. The topological polar surface area (TPSA) is 18.5 Å². The first-order chi connectivity index (χ1) is 9.28. The molecule has 0 unspecified atom stereocenters. The number of hydrogen-bond donors (Lipinski definition) is 0. The van der Waals surface area contributed by atoms with Gasteiger partial charge >= 0.3 is 0 Å². The third-order valence-electron chi connectivity index (χ3n) is 3.17. The predicted molar refractivity (Wildman–Crippen MR) is 81.8 cm³/mol. The van der Waals surface area contributed by atoms with Crippen LogP contribution in [0.2, 0.25) is 0 Å². The lowest BCUT2D eigenvalue weighted by molar-refractivity contribution is 0.391. The molecule has 3 heteroatoms. The van der Waals surface area contributed by atoms with E-state index in [1.807, 2.05) is 12.1 Å². The maximum atomic E-state index is 5.45. The Morgan fingerprint density at radius 1 is 1.21 bits per heavy atom. The number of rotatable bonds is 5. The van der Waals surface area contributed by atoms with E-state index in [0.29, 0.717) is 0 Å². The van der Waals surface area contributed by atoms with Crippen molar-refractivity contribution in [2.75, 3.05) is 20.5 Å². The molecule has 0 atom stereocenters. The van der Waals surface area contributed by atoms with E-state index in [1.165, 1.54) is 16.0 Å². The van der Waals surface area contributed by atoms with Crippen LogP contribution in [0, 0.1) is 6.42 Å². The van der Waals surface area contributed by atoms with Crippen LogP contribution in [0.5, 0.6) is 11.5 Å². The summed E-state index contributed by atoms with van der Waals surface area (Å²) in [5.41, 5.74) is 2.53. The normalized spacial score (nSPS) is 14.7. The van der Waals surface area contributed by atoms with E-state index < -0.39 is 0 Å². The summed E-state index contributed by atoms with van der Waals surface area (Å²) in [6.45, 7) is 0. The molecule has 1 aromatic carbocycles. The van der Waals surface area contributed by atoms with Crippen LogP contribution >= 0.6 is 11.8 Å². The SMILES string of the molecule is COc1ccc(CC2=C(SC)[CH]CC=C2)c(OC)c1. The third-order valence-corrected chi connectivity index (χ3v) is 4.04. The van der Waals surface area contributed by atoms with Gasteiger partial charge < -0.3 is 9.47 Å². The van der Waals surface area contributed by atoms with Crippen LogP contribution in [0.15, 0.2) is 40.8 Å². The molecule has 0 spiro atoms. The summed E-state index contributed by atoms with van der Waals surface area (Å²) in [4.78, 5) is 1.36. The van der Waals surface area contributed by atoms with Gasteiger partial charge in [-0.05, 0) is 34.8 Å². The molecule has 101 valence electrons. The summed E-state index contributed by atoms with van der Waals surface area (Å²) in [5.74, 6) is 1.71. The highest BCUT2D eigenvalue weighted by atomic mass is 32.2. The third kappa shape index (κ3) is 3.35. The highest BCUT2D eigenvalue weighted by Gasteiger charge is 2.12. The smallest absolute Gasteiger partial charge is 0.126 e. The van der Waals surface area contributed by atoms with Crippen molar-refractivity contribution in [3.63, 3.8) is 0 Å². The molecule has 0 saturated heterocycles. The number of ether oxygens (including phenoxy) is 2. The fraction of sp³-hybridized carbons (Fsp3) is 0.312. The first-order valence-electron chi connectivity index (χ1n) is 6.26. The highest BCUT2D eigenvalue weighted by Crippen LogP contribution is 2.32. The molecule has 2 rings (SSSR count). The maximum Gasteiger partial charge on any atom is 0.126 e. The number of benzene rings is 1. The highest BCUT2D eigenvalue weighted by molar-refractivity contribution is 8.02. The van der Waals surface area contributed by atoms with E-state index in [2.05, 4.69) is 30.9 Å². The van der Waals surface area contributed by atoms with Crippen molar-refractivity contribution in [3.05, 3.63) is 52.8 Å². The maximum absolute atomic E-state index is 5.45. The van der Waals surface area contributed by atoms with Crippen molar-refractivity contribution in [1.82, 2.24) is 0 Å². The summed E-state index contributed by atoms with van der Waals surface area (Å²) in [6.07, 6.45) is 10.7. The van der Waals surface area contributed by atoms with E-state index in [0.717, 1.165) is 24.3 Å². The molecule has 0 saturated carbocycles. The molecule has 1 aliphatic carbocycles. The number of thioether (sulfide) groups is 1. The van der Waals surface area contributed by atoms with Gasteiger partial charge in [0.25, 0.3) is 0 Å². The zero-order valence-corrected chi connectivity index (χ0v) is 12.4. The van der Waals surface area contributed by atoms with Gasteiger partial charge in [0.05, 0.1) is 14.2 Å². The Morgan fingerprint density at radius 3 is 2.74 bits per heavy atom. The molecular weight excluding hydrogens is 256 g/mol. The van der Waals surface area contributed by atoms with E-state index in [9.17, 15) is 0 Å². The average Bonchev–Trinajstić information content (AvgIpc) is 2.48. The molecule has 0 aromatic heterocycles. The standard InChI is InChI=1S/C16H19O2S/c1-17-14-9-8-12(15(11-14)18-2)10-13-6-4-5-7-16(13)19-3/h4,6-9,11H,5,10H2,1-3H3. The summed E-state index contributed by atoms with van der Waals surface area (Å²) in [5, 5.41) is 0. The Morgan fingerprint density at radius 2 is 2.05 bits per heavy atom. The zero-order valence-electron chi connectivity index (χ0n) is 11.6. The van der Waals surface area contributed by atoms with Crippen molar-refractivity contribution < 1.29 is 9.47 Å². The quantitative estimate of drug-likeness (QED) is 0.808. The fourth-order valence-electron chi connectivity index (χ4n) is 2.16. The zero-order chi connectivity index (χ0) is 13.7. The van der Waals surface area contributed by atoms with E-state index in [4.69, 9.17) is 9.47 Å². The van der Waals surface area contributed by atoms with Crippen LogP contribution in [-0.4, -0.2) is 20.5 Å². The van der Waals surface area contributed by atoms with Crippen LogP contribution < -0.4 is 9.47 Å². The summed E-state index contributed by atoms with van der Waals surface area (Å²) >= 11 is 1.80. The fourth-order valence-corrected chi connectivity index (χ4v) is 2.83. The van der Waals surface area contributed by atoms with Crippen molar-refractivity contribution in [1.29, 1.82) is 0 Å². The molecular formula is C16H19O2S. The molecule has 1 radical (unpaired) electrons. The number of allylic oxidation sites excluding steroid dienone is 4. The van der Waals surface area contributed by atoms with Crippen LogP contribution in [0.3, 0.4) is 0 Å². The van der Waals surface area contributed by atoms with Gasteiger partial charge in [0.15, 0.2) is 0 Å². The number of hydrogen-bond acceptors (Lipinski definition) is 3. The molecule has 0 heterocycles. The van der Waals surface area contributed by atoms with Crippen molar-refractivity contribution in [2.45, 2.75) is 12.8 Å². The van der Waals surface area contributed by atoms with E-state index in [-0.39, 0.29) is 0 Å². The van der Waals surface area contributed by atoms with Gasteiger partial charge in [-0.2, -0.15) is 0 Å². The van der Waals surface area contributed by atoms with Crippen LogP contribution in [0.25, 0.3) is 0 Å². The Balaban J connectivity index is 2.27. The lowest BCUT2D eigenvalue weighted by atomic mass is 9.98. The molecule has 0 aliphatic heterocycles. The van der Waals surface area contributed by atoms with E-state index >= 15 is 0 Å². The van der Waals surface area contributed by atoms with Crippen LogP contribution in [-0.2, 0) is 6.42 Å². The van der Waals surface area contributed by atoms with Gasteiger partial charge in [0.2, 0.25) is 0 Å². The van der Waals surface area contributed by atoms with Crippen molar-refractivity contribution in [3.8, 4) is 11.5 Å². The molecule has 0 fully saturated rings. The minimum absolute atomic E-state index is 0.824. The van der Waals surface area contributed by atoms with Gasteiger partial charge in [-0.3, -0.25) is 0 Å². The first-order valence-corrected chi connectivity index (χ1v) is 7.48. The molecule has 0 N–H and O–H groups in total. The summed E-state index contributed by atoms with van der Waals surface area (Å²) < 4.78 is 10.7. The summed E-state index contributed by atoms with van der Waals surface area (Å²) in [7, 11) is 3.37. The lowest BCUT2D eigenvalue weighted by Crippen LogP contribution is -1.99. The lowest BCUT2D eigenvalue weighted by Gasteiger charge is -2.16. The van der Waals surface area contributed by atoms with Gasteiger partial charge in [0, 0.05) is 18.9 Å². The molecule has 1 aromatic rings. The number of methoxy groups -OCH3 is 2. The Labute approximate surface area is 119 Å². The second-order valence-corrected chi connectivity index (χ2v) is 5.14.